The fourth-order valence-electron chi connectivity index (χ4n) is 2.62. The molecule has 1 aromatic heterocycles. The van der Waals surface area contributed by atoms with E-state index >= 15 is 0 Å². The van der Waals surface area contributed by atoms with Gasteiger partial charge in [0.2, 0.25) is 0 Å². The molecule has 156 valence electrons. The number of aryl methyl sites for hydroxylation is 1. The highest BCUT2D eigenvalue weighted by Crippen LogP contribution is 2.25. The molecule has 0 radical (unpaired) electrons. The van der Waals surface area contributed by atoms with E-state index < -0.39 is 32.5 Å². The van der Waals surface area contributed by atoms with E-state index in [2.05, 4.69) is 15.0 Å². The van der Waals surface area contributed by atoms with Gasteiger partial charge in [0.1, 0.15) is 17.4 Å². The third kappa shape index (κ3) is 5.29. The molecule has 3 aromatic rings. The summed E-state index contributed by atoms with van der Waals surface area (Å²) in [5, 5.41) is 2.61. The standard InChI is InChI=1S/C20H17F2N3O4S/c1-13-9-15(25-30(27,28)20-17(21)3-2-4-18(20)22)11-16(10-13)29-12-19(26)24-14-5-7-23-8-6-14/h2-11,25H,12H2,1H3,(H,23,24,26). The minimum Gasteiger partial charge on any atom is -0.484 e. The van der Waals surface area contributed by atoms with E-state index in [-0.39, 0.29) is 18.0 Å². The minimum absolute atomic E-state index is 0.0298. The van der Waals surface area contributed by atoms with Crippen molar-refractivity contribution >= 4 is 27.3 Å². The molecule has 0 aliphatic rings. The summed E-state index contributed by atoms with van der Waals surface area (Å²) in [6, 6.07) is 10.3. The quantitative estimate of drug-likeness (QED) is 0.595. The normalized spacial score (nSPS) is 11.0. The third-order valence-corrected chi connectivity index (χ3v) is 5.26. The first-order chi connectivity index (χ1) is 14.2. The van der Waals surface area contributed by atoms with Crippen LogP contribution in [0.3, 0.4) is 0 Å². The van der Waals surface area contributed by atoms with Crippen LogP contribution in [-0.2, 0) is 14.8 Å². The van der Waals surface area contributed by atoms with Gasteiger partial charge < -0.3 is 10.1 Å². The summed E-state index contributed by atoms with van der Waals surface area (Å²) < 4.78 is 60.1. The molecule has 1 amide bonds. The Morgan fingerprint density at radius 1 is 1.03 bits per heavy atom. The second-order valence-electron chi connectivity index (χ2n) is 6.26. The lowest BCUT2D eigenvalue weighted by molar-refractivity contribution is -0.118. The zero-order chi connectivity index (χ0) is 21.7. The van der Waals surface area contributed by atoms with Crippen molar-refractivity contribution < 1.29 is 26.7 Å². The Morgan fingerprint density at radius 3 is 2.37 bits per heavy atom. The topological polar surface area (TPSA) is 97.4 Å². The van der Waals surface area contributed by atoms with Gasteiger partial charge in [0.15, 0.2) is 11.5 Å². The van der Waals surface area contributed by atoms with Gasteiger partial charge in [-0.3, -0.25) is 14.5 Å². The molecule has 3 rings (SSSR count). The molecule has 7 nitrogen and oxygen atoms in total. The van der Waals surface area contributed by atoms with Crippen LogP contribution in [0.15, 0.2) is 65.8 Å². The molecule has 0 spiro atoms. The SMILES string of the molecule is Cc1cc(NS(=O)(=O)c2c(F)cccc2F)cc(OCC(=O)Nc2ccncc2)c1. The van der Waals surface area contributed by atoms with E-state index in [1.807, 2.05) is 0 Å². The molecule has 0 saturated heterocycles. The van der Waals surface area contributed by atoms with E-state index in [1.54, 1.807) is 25.1 Å². The van der Waals surface area contributed by atoms with Crippen LogP contribution in [0.1, 0.15) is 5.56 Å². The van der Waals surface area contributed by atoms with Gasteiger partial charge in [0.25, 0.3) is 15.9 Å². The van der Waals surface area contributed by atoms with Crippen LogP contribution in [0.25, 0.3) is 0 Å². The monoisotopic (exact) mass is 433 g/mol. The van der Waals surface area contributed by atoms with Crippen molar-refractivity contribution in [2.45, 2.75) is 11.8 Å². The highest BCUT2D eigenvalue weighted by molar-refractivity contribution is 7.92. The van der Waals surface area contributed by atoms with E-state index in [4.69, 9.17) is 4.74 Å². The number of sulfonamides is 1. The van der Waals surface area contributed by atoms with Crippen molar-refractivity contribution in [3.63, 3.8) is 0 Å². The summed E-state index contributed by atoms with van der Waals surface area (Å²) in [7, 11) is -4.52. The summed E-state index contributed by atoms with van der Waals surface area (Å²) in [4.78, 5) is 14.8. The predicted molar refractivity (Wildman–Crippen MR) is 107 cm³/mol. The maximum atomic E-state index is 13.9. The van der Waals surface area contributed by atoms with Gasteiger partial charge in [-0.1, -0.05) is 6.07 Å². The van der Waals surface area contributed by atoms with Crippen molar-refractivity contribution in [3.05, 3.63) is 78.1 Å². The number of amides is 1. The number of carbonyl (C=O) groups excluding carboxylic acids is 1. The van der Waals surface area contributed by atoms with Crippen LogP contribution < -0.4 is 14.8 Å². The number of hydrogen-bond acceptors (Lipinski definition) is 5. The zero-order valence-corrected chi connectivity index (χ0v) is 16.5. The lowest BCUT2D eigenvalue weighted by atomic mass is 10.2. The average molecular weight is 433 g/mol. The molecule has 0 aliphatic carbocycles. The molecule has 0 saturated carbocycles. The fourth-order valence-corrected chi connectivity index (χ4v) is 3.80. The number of pyridine rings is 1. The summed E-state index contributed by atoms with van der Waals surface area (Å²) in [5.41, 5.74) is 1.18. The highest BCUT2D eigenvalue weighted by atomic mass is 32.2. The van der Waals surface area contributed by atoms with E-state index in [9.17, 15) is 22.0 Å². The van der Waals surface area contributed by atoms with Crippen molar-refractivity contribution in [1.29, 1.82) is 0 Å². The number of nitrogens with zero attached hydrogens (tertiary/aromatic N) is 1. The molecule has 0 unspecified atom stereocenters. The van der Waals surface area contributed by atoms with Crippen molar-refractivity contribution in [2.75, 3.05) is 16.6 Å². The Kier molecular flexibility index (Phi) is 6.26. The first kappa shape index (κ1) is 21.2. The number of nitrogens with one attached hydrogen (secondary N) is 2. The molecule has 2 aromatic carbocycles. The van der Waals surface area contributed by atoms with Gasteiger partial charge in [-0.05, 0) is 48.9 Å². The third-order valence-electron chi connectivity index (χ3n) is 3.82. The number of aromatic nitrogens is 1. The summed E-state index contributed by atoms with van der Waals surface area (Å²) in [5.74, 6) is -2.65. The predicted octanol–water partition coefficient (Wildman–Crippen LogP) is 3.49. The second-order valence-corrected chi connectivity index (χ2v) is 7.88. The summed E-state index contributed by atoms with van der Waals surface area (Å²) in [6.45, 7) is 1.34. The van der Waals surface area contributed by atoms with Gasteiger partial charge in [-0.15, -0.1) is 0 Å². The summed E-state index contributed by atoms with van der Waals surface area (Å²) >= 11 is 0. The lowest BCUT2D eigenvalue weighted by Gasteiger charge is -2.13. The maximum absolute atomic E-state index is 13.9. The van der Waals surface area contributed by atoms with Crippen molar-refractivity contribution in [3.8, 4) is 5.75 Å². The average Bonchev–Trinajstić information content (AvgIpc) is 2.66. The number of halogens is 2. The first-order valence-electron chi connectivity index (χ1n) is 8.66. The Balaban J connectivity index is 1.73. The molecule has 1 heterocycles. The van der Waals surface area contributed by atoms with E-state index in [0.717, 1.165) is 18.2 Å². The Bertz CT molecular complexity index is 1150. The number of hydrogen-bond donors (Lipinski definition) is 2. The largest absolute Gasteiger partial charge is 0.484 e. The second kappa shape index (κ2) is 8.87. The molecule has 2 N–H and O–H groups in total. The Morgan fingerprint density at radius 2 is 1.70 bits per heavy atom. The smallest absolute Gasteiger partial charge is 0.267 e. The fraction of sp³-hybridized carbons (Fsp3) is 0.100. The van der Waals surface area contributed by atoms with Crippen LogP contribution in [0.5, 0.6) is 5.75 Å². The molecule has 0 atom stereocenters. The van der Waals surface area contributed by atoms with E-state index in [1.165, 1.54) is 24.5 Å². The molecular formula is C20H17F2N3O4S. The number of anilines is 2. The minimum atomic E-state index is -4.52. The summed E-state index contributed by atoms with van der Waals surface area (Å²) in [6.07, 6.45) is 3.04. The van der Waals surface area contributed by atoms with Gasteiger partial charge in [0, 0.05) is 24.1 Å². The van der Waals surface area contributed by atoms with Crippen LogP contribution in [-0.4, -0.2) is 25.9 Å². The van der Waals surface area contributed by atoms with Crippen LogP contribution >= 0.6 is 0 Å². The van der Waals surface area contributed by atoms with Gasteiger partial charge >= 0.3 is 0 Å². The van der Waals surface area contributed by atoms with Gasteiger partial charge in [0.05, 0.1) is 5.69 Å². The number of rotatable bonds is 7. The molecule has 0 fully saturated rings. The number of benzene rings is 2. The number of carbonyl (C=O) groups is 1. The highest BCUT2D eigenvalue weighted by Gasteiger charge is 2.24. The first-order valence-corrected chi connectivity index (χ1v) is 10.1. The maximum Gasteiger partial charge on any atom is 0.267 e. The number of ether oxygens (including phenoxy) is 1. The molecule has 10 heteroatoms. The lowest BCUT2D eigenvalue weighted by Crippen LogP contribution is -2.20. The molecule has 0 aliphatic heterocycles. The van der Waals surface area contributed by atoms with Crippen LogP contribution in [0, 0.1) is 18.6 Å². The van der Waals surface area contributed by atoms with Crippen LogP contribution in [0.4, 0.5) is 20.2 Å². The Hall–Kier alpha value is -3.53. The van der Waals surface area contributed by atoms with Crippen molar-refractivity contribution in [1.82, 2.24) is 4.98 Å². The van der Waals surface area contributed by atoms with E-state index in [0.29, 0.717) is 11.3 Å². The zero-order valence-electron chi connectivity index (χ0n) is 15.7. The van der Waals surface area contributed by atoms with Crippen LogP contribution in [0.2, 0.25) is 0 Å². The van der Waals surface area contributed by atoms with Gasteiger partial charge in [-0.25, -0.2) is 17.2 Å². The van der Waals surface area contributed by atoms with Crippen molar-refractivity contribution in [2.24, 2.45) is 0 Å². The van der Waals surface area contributed by atoms with Gasteiger partial charge in [-0.2, -0.15) is 0 Å². The molecule has 0 bridgehead atoms. The molecular weight excluding hydrogens is 416 g/mol. The molecule has 30 heavy (non-hydrogen) atoms. The Labute approximate surface area is 171 Å².